The maximum Gasteiger partial charge on any atom is 0.272 e. The van der Waals surface area contributed by atoms with E-state index in [1.807, 2.05) is 13.0 Å². The fourth-order valence-electron chi connectivity index (χ4n) is 4.58. The van der Waals surface area contributed by atoms with Gasteiger partial charge in [0.2, 0.25) is 0 Å². The van der Waals surface area contributed by atoms with Crippen LogP contribution in [-0.4, -0.2) is 41.5 Å². The third-order valence-electron chi connectivity index (χ3n) is 6.55. The fourth-order valence-corrected chi connectivity index (χ4v) is 4.58. The Morgan fingerprint density at radius 2 is 2.00 bits per heavy atom. The molecule has 2 aliphatic rings. The van der Waals surface area contributed by atoms with E-state index >= 15 is 0 Å². The van der Waals surface area contributed by atoms with Crippen LogP contribution in [0.3, 0.4) is 0 Å². The van der Waals surface area contributed by atoms with Crippen molar-refractivity contribution in [2.24, 2.45) is 5.41 Å². The Kier molecular flexibility index (Phi) is 5.08. The Morgan fingerprint density at radius 1 is 1.22 bits per heavy atom. The molecule has 168 valence electrons. The van der Waals surface area contributed by atoms with Crippen LogP contribution in [0.2, 0.25) is 0 Å². The topological polar surface area (TPSA) is 83.1 Å². The quantitative estimate of drug-likeness (QED) is 0.624. The Morgan fingerprint density at radius 3 is 2.69 bits per heavy atom. The van der Waals surface area contributed by atoms with Crippen LogP contribution < -0.4 is 15.8 Å². The molecular weight excluding hydrogens is 416 g/mol. The van der Waals surface area contributed by atoms with Crippen molar-refractivity contribution in [1.82, 2.24) is 15.2 Å². The number of hydrogen-bond donors (Lipinski definition) is 2. The lowest BCUT2D eigenvalue weighted by molar-refractivity contribution is -0.0985. The molecule has 7 nitrogen and oxygen atoms in total. The molecule has 3 aromatic rings. The molecule has 5 rings (SSSR count). The monoisotopic (exact) mass is 441 g/mol. The van der Waals surface area contributed by atoms with E-state index in [2.05, 4.69) is 25.4 Å². The zero-order chi connectivity index (χ0) is 22.5. The maximum atomic E-state index is 13.1. The van der Waals surface area contributed by atoms with E-state index in [0.29, 0.717) is 22.7 Å². The lowest BCUT2D eigenvalue weighted by Gasteiger charge is -2.37. The highest BCUT2D eigenvalue weighted by molar-refractivity contribution is 5.92. The SMILES string of the molecule is Cc1nnc(N[C@H](C)c2cccc(C(F)F)c2)c2cc(N3CCC4(COC4)C3)c(=O)[nH]c12. The van der Waals surface area contributed by atoms with Crippen molar-refractivity contribution in [3.05, 3.63) is 57.5 Å². The van der Waals surface area contributed by atoms with Gasteiger partial charge < -0.3 is 19.9 Å². The number of alkyl halides is 2. The molecule has 0 bridgehead atoms. The number of halogens is 2. The Balaban J connectivity index is 1.50. The molecule has 0 aliphatic carbocycles. The van der Waals surface area contributed by atoms with Crippen LogP contribution >= 0.6 is 0 Å². The minimum Gasteiger partial charge on any atom is -0.380 e. The van der Waals surface area contributed by atoms with Crippen LogP contribution in [0.5, 0.6) is 0 Å². The molecule has 2 saturated heterocycles. The van der Waals surface area contributed by atoms with Gasteiger partial charge in [0.25, 0.3) is 12.0 Å². The van der Waals surface area contributed by atoms with E-state index in [1.54, 1.807) is 19.1 Å². The van der Waals surface area contributed by atoms with Crippen molar-refractivity contribution >= 4 is 22.4 Å². The first-order chi connectivity index (χ1) is 15.3. The van der Waals surface area contributed by atoms with Gasteiger partial charge in [0.05, 0.1) is 30.5 Å². The summed E-state index contributed by atoms with van der Waals surface area (Å²) in [7, 11) is 0. The summed E-state index contributed by atoms with van der Waals surface area (Å²) in [4.78, 5) is 18.0. The molecule has 4 heterocycles. The third kappa shape index (κ3) is 3.60. The van der Waals surface area contributed by atoms with Crippen molar-refractivity contribution in [2.45, 2.75) is 32.7 Å². The molecule has 9 heteroatoms. The molecule has 2 aromatic heterocycles. The van der Waals surface area contributed by atoms with E-state index in [-0.39, 0.29) is 22.6 Å². The van der Waals surface area contributed by atoms with Crippen molar-refractivity contribution in [3.63, 3.8) is 0 Å². The lowest BCUT2D eigenvalue weighted by Crippen LogP contribution is -2.45. The van der Waals surface area contributed by atoms with Gasteiger partial charge in [-0.2, -0.15) is 5.10 Å². The smallest absolute Gasteiger partial charge is 0.272 e. The van der Waals surface area contributed by atoms with Crippen molar-refractivity contribution < 1.29 is 13.5 Å². The predicted molar refractivity (Wildman–Crippen MR) is 118 cm³/mol. The number of hydrogen-bond acceptors (Lipinski definition) is 6. The number of anilines is 2. The first-order valence-electron chi connectivity index (χ1n) is 10.7. The highest BCUT2D eigenvalue weighted by Crippen LogP contribution is 2.39. The summed E-state index contributed by atoms with van der Waals surface area (Å²) in [6, 6.07) is 7.89. The first-order valence-corrected chi connectivity index (χ1v) is 10.7. The molecule has 0 radical (unpaired) electrons. The second-order valence-electron chi connectivity index (χ2n) is 8.91. The molecule has 32 heavy (non-hydrogen) atoms. The number of aromatic amines is 1. The fraction of sp³-hybridized carbons (Fsp3) is 0.435. The van der Waals surface area contributed by atoms with Crippen molar-refractivity contribution in [2.75, 3.05) is 36.5 Å². The first kappa shape index (κ1) is 20.8. The van der Waals surface area contributed by atoms with Crippen LogP contribution in [0.1, 0.15) is 42.6 Å². The number of aromatic nitrogens is 3. The van der Waals surface area contributed by atoms with Gasteiger partial charge in [0.15, 0.2) is 5.82 Å². The Hall–Kier alpha value is -3.07. The highest BCUT2D eigenvalue weighted by atomic mass is 19.3. The van der Waals surface area contributed by atoms with Gasteiger partial charge in [-0.25, -0.2) is 8.78 Å². The molecule has 2 fully saturated rings. The summed E-state index contributed by atoms with van der Waals surface area (Å²) in [6.07, 6.45) is -1.53. The standard InChI is InChI=1S/C23H25F2N5O2/c1-13(15-4-3-5-16(8-15)20(24)25)26-21-17-9-18(22(31)27-19(17)14(2)28-29-21)30-7-6-23(10-30)11-32-12-23/h3-5,8-9,13,20H,6-7,10-12H2,1-2H3,(H,26,29)(H,27,31)/t13-/m1/s1. The van der Waals surface area contributed by atoms with Gasteiger partial charge >= 0.3 is 0 Å². The predicted octanol–water partition coefficient (Wildman–Crippen LogP) is 3.96. The largest absolute Gasteiger partial charge is 0.380 e. The second-order valence-corrected chi connectivity index (χ2v) is 8.91. The number of rotatable bonds is 5. The number of benzene rings is 1. The summed E-state index contributed by atoms with van der Waals surface area (Å²) >= 11 is 0. The van der Waals surface area contributed by atoms with Crippen LogP contribution in [-0.2, 0) is 4.74 Å². The molecule has 1 aromatic carbocycles. The summed E-state index contributed by atoms with van der Waals surface area (Å²) in [5.41, 5.74) is 2.52. The minimum atomic E-state index is -2.53. The van der Waals surface area contributed by atoms with Crippen LogP contribution in [0.15, 0.2) is 35.1 Å². The number of nitrogens with one attached hydrogen (secondary N) is 2. The number of H-pyrrole nitrogens is 1. The van der Waals surface area contributed by atoms with E-state index in [4.69, 9.17) is 4.74 Å². The second kappa shape index (κ2) is 7.81. The zero-order valence-corrected chi connectivity index (χ0v) is 18.0. The van der Waals surface area contributed by atoms with E-state index in [9.17, 15) is 13.6 Å². The van der Waals surface area contributed by atoms with E-state index < -0.39 is 6.43 Å². The van der Waals surface area contributed by atoms with Crippen molar-refractivity contribution in [3.8, 4) is 0 Å². The van der Waals surface area contributed by atoms with Crippen LogP contribution in [0.4, 0.5) is 20.3 Å². The highest BCUT2D eigenvalue weighted by Gasteiger charge is 2.45. The summed E-state index contributed by atoms with van der Waals surface area (Å²) in [5.74, 6) is 0.499. The summed E-state index contributed by atoms with van der Waals surface area (Å²) in [6.45, 7) is 6.74. The van der Waals surface area contributed by atoms with E-state index in [1.165, 1.54) is 12.1 Å². The van der Waals surface area contributed by atoms with Crippen molar-refractivity contribution in [1.29, 1.82) is 0 Å². The molecule has 2 N–H and O–H groups in total. The van der Waals surface area contributed by atoms with E-state index in [0.717, 1.165) is 43.7 Å². The molecule has 1 spiro atoms. The average Bonchev–Trinajstić information content (AvgIpc) is 3.22. The van der Waals surface area contributed by atoms with Gasteiger partial charge in [0.1, 0.15) is 5.69 Å². The summed E-state index contributed by atoms with van der Waals surface area (Å²) in [5, 5.41) is 12.5. The van der Waals surface area contributed by atoms with Gasteiger partial charge in [-0.1, -0.05) is 18.2 Å². The molecule has 0 saturated carbocycles. The minimum absolute atomic E-state index is 0.0226. The average molecular weight is 441 g/mol. The van der Waals surface area contributed by atoms with Crippen LogP contribution in [0.25, 0.3) is 10.9 Å². The van der Waals surface area contributed by atoms with Crippen LogP contribution in [0, 0.1) is 12.3 Å². The molecule has 2 aliphatic heterocycles. The molecular formula is C23H25F2N5O2. The van der Waals surface area contributed by atoms with Gasteiger partial charge in [-0.05, 0) is 38.0 Å². The number of aryl methyl sites for hydroxylation is 1. The third-order valence-corrected chi connectivity index (χ3v) is 6.55. The number of pyridine rings is 1. The Bertz CT molecular complexity index is 1220. The molecule has 0 unspecified atom stereocenters. The number of ether oxygens (including phenoxy) is 1. The summed E-state index contributed by atoms with van der Waals surface area (Å²) < 4.78 is 31.6. The molecule has 1 atom stereocenters. The molecule has 0 amide bonds. The lowest BCUT2D eigenvalue weighted by atomic mass is 9.85. The zero-order valence-electron chi connectivity index (χ0n) is 18.0. The Labute approximate surface area is 183 Å². The van der Waals surface area contributed by atoms with Gasteiger partial charge in [-0.15, -0.1) is 5.10 Å². The normalized spacial score (nSPS) is 18.3. The van der Waals surface area contributed by atoms with Gasteiger partial charge in [0, 0.05) is 29.5 Å². The number of fused-ring (bicyclic) bond motifs is 1. The maximum absolute atomic E-state index is 13.1. The van der Waals surface area contributed by atoms with Gasteiger partial charge in [-0.3, -0.25) is 4.79 Å². The number of nitrogens with zero attached hydrogens (tertiary/aromatic N) is 3.